The molecule has 19 heteroatoms. The molecule has 0 amide bonds. The molecule has 0 spiro atoms. The molecule has 18 nitrogen and oxygen atoms in total. The number of aromatic amines is 1. The van der Waals surface area contributed by atoms with Gasteiger partial charge >= 0.3 is 7.60 Å². The van der Waals surface area contributed by atoms with E-state index in [2.05, 4.69) is 41.0 Å². The summed E-state index contributed by atoms with van der Waals surface area (Å²) in [6.45, 7) is -1.48. The molecule has 0 bridgehead atoms. The first-order valence-electron chi connectivity index (χ1n) is 12.3. The monoisotopic (exact) mass is 571 g/mol. The summed E-state index contributed by atoms with van der Waals surface area (Å²) in [5, 5.41) is 59.4. The SMILES string of the molecule is O=P(O)(O)[C@](CO)(Cc1nn[nH]n1)OC[C@H]1O[C@@H](n2ncc3c(NCC4CCC4)nc(CO)nc32)[C@H](O)[C@@H]1O. The first-order chi connectivity index (χ1) is 18.7. The number of fused-ring (bicyclic) bond motifs is 1. The lowest BCUT2D eigenvalue weighted by Crippen LogP contribution is -2.43. The van der Waals surface area contributed by atoms with Gasteiger partial charge in [-0.05, 0) is 18.8 Å². The predicted octanol–water partition coefficient (Wildman–Crippen LogP) is -2.21. The van der Waals surface area contributed by atoms with Crippen LogP contribution in [0.15, 0.2) is 6.20 Å². The molecule has 4 heterocycles. The van der Waals surface area contributed by atoms with E-state index in [0.717, 1.165) is 12.8 Å². The second kappa shape index (κ2) is 11.1. The fraction of sp³-hybridized carbons (Fsp3) is 0.700. The van der Waals surface area contributed by atoms with Crippen molar-refractivity contribution in [1.29, 1.82) is 0 Å². The molecule has 2 aliphatic rings. The average Bonchev–Trinajstić information content (AvgIpc) is 3.61. The Hall–Kier alpha value is -2.67. The molecular formula is C20H30N9O9P. The Labute approximate surface area is 220 Å². The molecular weight excluding hydrogens is 541 g/mol. The number of hydrogen-bond acceptors (Lipinski definition) is 14. The first-order valence-corrected chi connectivity index (χ1v) is 13.9. The second-order valence-corrected chi connectivity index (χ2v) is 11.6. The summed E-state index contributed by atoms with van der Waals surface area (Å²) in [5.74, 6) is 0.982. The van der Waals surface area contributed by atoms with E-state index in [1.807, 2.05) is 0 Å². The standard InChI is InChI=1S/C20H30N9O9P/c30-7-14-23-17(21-5-10-2-1-3-10)11-6-22-29(18(11)24-14)19-16(33)15(32)12(38-19)8-37-20(9-31,39(34,35)36)4-13-25-27-28-26-13/h6,10,12,15-16,19,30-33H,1-5,7-9H2,(H,21,23,24)(H2,34,35,36)(H,25,26,27,28)/t12-,15-,16-,19-,20+/m1/s1. The topological polar surface area (TPSA) is 267 Å². The van der Waals surface area contributed by atoms with Crippen LogP contribution >= 0.6 is 7.60 Å². The van der Waals surface area contributed by atoms with E-state index in [4.69, 9.17) is 9.47 Å². The van der Waals surface area contributed by atoms with E-state index in [0.29, 0.717) is 23.7 Å². The van der Waals surface area contributed by atoms with Crippen molar-refractivity contribution in [3.05, 3.63) is 17.8 Å². The molecule has 1 aliphatic heterocycles. The number of H-pyrrole nitrogens is 1. The Balaban J connectivity index is 1.36. The lowest BCUT2D eigenvalue weighted by atomic mass is 9.85. The van der Waals surface area contributed by atoms with Crippen LogP contribution in [-0.2, 0) is 27.1 Å². The van der Waals surface area contributed by atoms with Crippen LogP contribution in [0.5, 0.6) is 0 Å². The van der Waals surface area contributed by atoms with Gasteiger partial charge in [0, 0.05) is 6.54 Å². The van der Waals surface area contributed by atoms with E-state index in [-0.39, 0.29) is 17.3 Å². The number of aromatic nitrogens is 8. The third-order valence-corrected chi connectivity index (χ3v) is 8.61. The second-order valence-electron chi connectivity index (χ2n) is 9.66. The highest BCUT2D eigenvalue weighted by Gasteiger charge is 2.52. The molecule has 1 aliphatic carbocycles. The number of aliphatic hydroxyl groups is 4. The summed E-state index contributed by atoms with van der Waals surface area (Å²) in [6, 6.07) is 0. The van der Waals surface area contributed by atoms with Gasteiger partial charge in [0.1, 0.15) is 30.7 Å². The van der Waals surface area contributed by atoms with E-state index >= 15 is 0 Å². The molecule has 0 radical (unpaired) electrons. The minimum absolute atomic E-state index is 0.115. The summed E-state index contributed by atoms with van der Waals surface area (Å²) >= 11 is 0. The van der Waals surface area contributed by atoms with E-state index < -0.39 is 63.7 Å². The summed E-state index contributed by atoms with van der Waals surface area (Å²) < 4.78 is 24.8. The summed E-state index contributed by atoms with van der Waals surface area (Å²) in [7, 11) is -5.12. The zero-order chi connectivity index (χ0) is 27.8. The van der Waals surface area contributed by atoms with Crippen LogP contribution in [0.25, 0.3) is 11.0 Å². The summed E-state index contributed by atoms with van der Waals surface area (Å²) in [5.41, 5.74) is 0.236. The maximum absolute atomic E-state index is 12.3. The van der Waals surface area contributed by atoms with Crippen LogP contribution in [0, 0.1) is 5.92 Å². The summed E-state index contributed by atoms with van der Waals surface area (Å²) in [6.07, 6.45) is -1.33. The smallest absolute Gasteiger partial charge is 0.359 e. The normalized spacial score (nSPS) is 25.6. The minimum Gasteiger partial charge on any atom is -0.393 e. The van der Waals surface area contributed by atoms with Gasteiger partial charge < -0.3 is 45.0 Å². The quantitative estimate of drug-likeness (QED) is 0.107. The van der Waals surface area contributed by atoms with Crippen molar-refractivity contribution >= 4 is 24.4 Å². The molecule has 214 valence electrons. The fourth-order valence-electron chi connectivity index (χ4n) is 4.54. The Morgan fingerprint density at radius 3 is 2.62 bits per heavy atom. The van der Waals surface area contributed by atoms with E-state index in [1.165, 1.54) is 17.3 Å². The van der Waals surface area contributed by atoms with Crippen LogP contribution in [0.2, 0.25) is 0 Å². The number of nitrogens with one attached hydrogen (secondary N) is 2. The molecule has 39 heavy (non-hydrogen) atoms. The van der Waals surface area contributed by atoms with Crippen LogP contribution < -0.4 is 5.32 Å². The molecule has 1 saturated heterocycles. The van der Waals surface area contributed by atoms with E-state index in [9.17, 15) is 34.8 Å². The van der Waals surface area contributed by atoms with Gasteiger partial charge in [0.15, 0.2) is 28.9 Å². The van der Waals surface area contributed by atoms with Crippen molar-refractivity contribution < 1.29 is 44.3 Å². The molecule has 3 aromatic rings. The number of tetrazole rings is 1. The molecule has 5 rings (SSSR count). The van der Waals surface area contributed by atoms with Gasteiger partial charge in [0.25, 0.3) is 0 Å². The first kappa shape index (κ1) is 27.9. The lowest BCUT2D eigenvalue weighted by molar-refractivity contribution is -0.109. The van der Waals surface area contributed by atoms with Crippen molar-refractivity contribution in [3.8, 4) is 0 Å². The molecule has 5 atom stereocenters. The predicted molar refractivity (Wildman–Crippen MR) is 129 cm³/mol. The highest BCUT2D eigenvalue weighted by atomic mass is 31.2. The van der Waals surface area contributed by atoms with Crippen LogP contribution in [-0.4, -0.2) is 114 Å². The van der Waals surface area contributed by atoms with Crippen LogP contribution in [0.3, 0.4) is 0 Å². The van der Waals surface area contributed by atoms with Gasteiger partial charge in [-0.1, -0.05) is 11.6 Å². The molecule has 3 aromatic heterocycles. The maximum atomic E-state index is 12.3. The number of hydrogen-bond donors (Lipinski definition) is 8. The van der Waals surface area contributed by atoms with E-state index in [1.54, 1.807) is 0 Å². The zero-order valence-electron chi connectivity index (χ0n) is 20.6. The van der Waals surface area contributed by atoms with Gasteiger partial charge in [-0.25, -0.2) is 14.6 Å². The van der Waals surface area contributed by atoms with Crippen LogP contribution in [0.1, 0.15) is 37.1 Å². The maximum Gasteiger partial charge on any atom is 0.359 e. The Morgan fingerprint density at radius 2 is 2.00 bits per heavy atom. The average molecular weight is 571 g/mol. The largest absolute Gasteiger partial charge is 0.393 e. The van der Waals surface area contributed by atoms with Crippen molar-refractivity contribution in [2.24, 2.45) is 5.92 Å². The minimum atomic E-state index is -5.12. The Bertz CT molecular complexity index is 1320. The highest BCUT2D eigenvalue weighted by molar-refractivity contribution is 7.53. The molecule has 1 saturated carbocycles. The highest BCUT2D eigenvalue weighted by Crippen LogP contribution is 2.53. The molecule has 0 aromatic carbocycles. The van der Waals surface area contributed by atoms with Crippen molar-refractivity contribution in [1.82, 2.24) is 40.4 Å². The van der Waals surface area contributed by atoms with Crippen molar-refractivity contribution in [2.45, 2.75) is 62.2 Å². The molecule has 8 N–H and O–H groups in total. The zero-order valence-corrected chi connectivity index (χ0v) is 21.5. The number of ether oxygens (including phenoxy) is 2. The molecule has 0 unspecified atom stereocenters. The fourth-order valence-corrected chi connectivity index (χ4v) is 5.32. The van der Waals surface area contributed by atoms with Crippen molar-refractivity contribution in [2.75, 3.05) is 25.1 Å². The third-order valence-electron chi connectivity index (χ3n) is 7.12. The van der Waals surface area contributed by atoms with Gasteiger partial charge in [-0.15, -0.1) is 10.2 Å². The number of nitrogens with zero attached hydrogens (tertiary/aromatic N) is 7. The number of rotatable bonds is 12. The van der Waals surface area contributed by atoms with Gasteiger partial charge in [-0.3, -0.25) is 4.57 Å². The summed E-state index contributed by atoms with van der Waals surface area (Å²) in [4.78, 5) is 28.5. The number of anilines is 1. The van der Waals surface area contributed by atoms with Gasteiger partial charge in [0.05, 0.1) is 31.2 Å². The lowest BCUT2D eigenvalue weighted by Gasteiger charge is -2.32. The van der Waals surface area contributed by atoms with Crippen molar-refractivity contribution in [3.63, 3.8) is 0 Å². The number of aliphatic hydroxyl groups excluding tert-OH is 4. The molecule has 2 fully saturated rings. The third kappa shape index (κ3) is 5.39. The van der Waals surface area contributed by atoms with Crippen LogP contribution in [0.4, 0.5) is 5.82 Å². The van der Waals surface area contributed by atoms with Gasteiger partial charge in [-0.2, -0.15) is 10.3 Å². The Kier molecular flexibility index (Phi) is 7.91. The van der Waals surface area contributed by atoms with Gasteiger partial charge in [0.2, 0.25) is 0 Å². The Morgan fingerprint density at radius 1 is 1.21 bits per heavy atom.